The number of halogens is 1. The molecule has 2 aromatic rings. The van der Waals surface area contributed by atoms with Gasteiger partial charge in [0.15, 0.2) is 0 Å². The van der Waals surface area contributed by atoms with Crippen LogP contribution < -0.4 is 5.73 Å². The summed E-state index contributed by atoms with van der Waals surface area (Å²) in [5.41, 5.74) is 7.29. The van der Waals surface area contributed by atoms with Crippen molar-refractivity contribution in [3.63, 3.8) is 0 Å². The van der Waals surface area contributed by atoms with Crippen LogP contribution in [0.15, 0.2) is 36.7 Å². The number of pyridine rings is 1. The highest BCUT2D eigenvalue weighted by molar-refractivity contribution is 5.95. The van der Waals surface area contributed by atoms with Crippen molar-refractivity contribution in [3.05, 3.63) is 59.2 Å². The minimum atomic E-state index is -0.526. The molecule has 0 aliphatic carbocycles. The number of carbonyl (C=O) groups is 1. The van der Waals surface area contributed by atoms with E-state index in [0.29, 0.717) is 17.8 Å². The zero-order chi connectivity index (χ0) is 14.7. The molecule has 0 unspecified atom stereocenters. The number of hydrogen-bond donors (Lipinski definition) is 1. The SMILES string of the molecule is Cc1cc(N)cc(C(=O)N(C)Cc2cccnc2)c1F. The Bertz CT molecular complexity index is 629. The van der Waals surface area contributed by atoms with Crippen LogP contribution in [0.5, 0.6) is 0 Å². The van der Waals surface area contributed by atoms with Gasteiger partial charge in [0.05, 0.1) is 5.56 Å². The fraction of sp³-hybridized carbons (Fsp3) is 0.200. The van der Waals surface area contributed by atoms with E-state index in [-0.39, 0.29) is 5.56 Å². The number of amides is 1. The molecule has 0 fully saturated rings. The second-order valence-electron chi connectivity index (χ2n) is 4.72. The Balaban J connectivity index is 2.23. The fourth-order valence-electron chi connectivity index (χ4n) is 2.00. The monoisotopic (exact) mass is 273 g/mol. The minimum Gasteiger partial charge on any atom is -0.399 e. The van der Waals surface area contributed by atoms with Crippen molar-refractivity contribution < 1.29 is 9.18 Å². The Hall–Kier alpha value is -2.43. The smallest absolute Gasteiger partial charge is 0.256 e. The number of benzene rings is 1. The van der Waals surface area contributed by atoms with Crippen LogP contribution >= 0.6 is 0 Å². The molecule has 0 atom stereocenters. The first-order valence-electron chi connectivity index (χ1n) is 6.19. The summed E-state index contributed by atoms with van der Waals surface area (Å²) < 4.78 is 14.0. The van der Waals surface area contributed by atoms with Crippen LogP contribution in [0.1, 0.15) is 21.5 Å². The minimum absolute atomic E-state index is 0.00566. The normalized spacial score (nSPS) is 10.3. The topological polar surface area (TPSA) is 59.2 Å². The zero-order valence-electron chi connectivity index (χ0n) is 11.4. The Kier molecular flexibility index (Phi) is 3.98. The second kappa shape index (κ2) is 5.69. The van der Waals surface area contributed by atoms with Gasteiger partial charge in [-0.05, 0) is 36.2 Å². The summed E-state index contributed by atoms with van der Waals surface area (Å²) in [5.74, 6) is -0.927. The van der Waals surface area contributed by atoms with Crippen LogP contribution in [0.3, 0.4) is 0 Å². The summed E-state index contributed by atoms with van der Waals surface area (Å²) in [6.07, 6.45) is 3.33. The molecule has 0 saturated carbocycles. The van der Waals surface area contributed by atoms with E-state index in [2.05, 4.69) is 4.98 Å². The quantitative estimate of drug-likeness (QED) is 0.873. The number of carbonyl (C=O) groups excluding carboxylic acids is 1. The number of nitrogens with two attached hydrogens (primary N) is 1. The maximum Gasteiger partial charge on any atom is 0.256 e. The van der Waals surface area contributed by atoms with Crippen molar-refractivity contribution in [2.45, 2.75) is 13.5 Å². The van der Waals surface area contributed by atoms with Gasteiger partial charge in [-0.2, -0.15) is 0 Å². The number of hydrogen-bond acceptors (Lipinski definition) is 3. The van der Waals surface area contributed by atoms with Gasteiger partial charge in [0.25, 0.3) is 5.91 Å². The third kappa shape index (κ3) is 2.93. The molecule has 1 aromatic carbocycles. The highest BCUT2D eigenvalue weighted by Crippen LogP contribution is 2.19. The van der Waals surface area contributed by atoms with Gasteiger partial charge >= 0.3 is 0 Å². The lowest BCUT2D eigenvalue weighted by molar-refractivity contribution is 0.0780. The van der Waals surface area contributed by atoms with Gasteiger partial charge in [-0.15, -0.1) is 0 Å². The average molecular weight is 273 g/mol. The van der Waals surface area contributed by atoms with Gasteiger partial charge < -0.3 is 10.6 Å². The lowest BCUT2D eigenvalue weighted by Crippen LogP contribution is -2.27. The van der Waals surface area contributed by atoms with Crippen LogP contribution in [-0.4, -0.2) is 22.8 Å². The molecule has 0 bridgehead atoms. The molecule has 2 N–H and O–H groups in total. The van der Waals surface area contributed by atoms with Crippen molar-refractivity contribution in [2.24, 2.45) is 0 Å². The van der Waals surface area contributed by atoms with E-state index in [9.17, 15) is 9.18 Å². The lowest BCUT2D eigenvalue weighted by Gasteiger charge is -2.18. The van der Waals surface area contributed by atoms with Gasteiger partial charge in [-0.3, -0.25) is 9.78 Å². The summed E-state index contributed by atoms with van der Waals surface area (Å²) >= 11 is 0. The van der Waals surface area contributed by atoms with Crippen LogP contribution in [0.4, 0.5) is 10.1 Å². The second-order valence-corrected chi connectivity index (χ2v) is 4.72. The van der Waals surface area contributed by atoms with E-state index < -0.39 is 11.7 Å². The highest BCUT2D eigenvalue weighted by atomic mass is 19.1. The van der Waals surface area contributed by atoms with Gasteiger partial charge in [0, 0.05) is 31.7 Å². The van der Waals surface area contributed by atoms with Gasteiger partial charge in [0.1, 0.15) is 5.82 Å². The van der Waals surface area contributed by atoms with Crippen molar-refractivity contribution in [2.75, 3.05) is 12.8 Å². The predicted molar refractivity (Wildman–Crippen MR) is 75.6 cm³/mol. The van der Waals surface area contributed by atoms with Crippen molar-refractivity contribution in [1.82, 2.24) is 9.88 Å². The van der Waals surface area contributed by atoms with Crippen molar-refractivity contribution in [3.8, 4) is 0 Å². The van der Waals surface area contributed by atoms with E-state index >= 15 is 0 Å². The number of nitrogen functional groups attached to an aromatic ring is 1. The number of aryl methyl sites for hydroxylation is 1. The van der Waals surface area contributed by atoms with Gasteiger partial charge in [-0.25, -0.2) is 4.39 Å². The molecule has 0 radical (unpaired) electrons. The van der Waals surface area contributed by atoms with Gasteiger partial charge in [-0.1, -0.05) is 6.07 Å². The fourth-order valence-corrected chi connectivity index (χ4v) is 2.00. The molecule has 1 amide bonds. The molecular formula is C15H16FN3O. The molecule has 20 heavy (non-hydrogen) atoms. The lowest BCUT2D eigenvalue weighted by atomic mass is 10.1. The molecule has 0 aliphatic rings. The van der Waals surface area contributed by atoms with Crippen LogP contribution in [0.2, 0.25) is 0 Å². The summed E-state index contributed by atoms with van der Waals surface area (Å²) in [6.45, 7) is 1.95. The van der Waals surface area contributed by atoms with Crippen LogP contribution in [0, 0.1) is 12.7 Å². The molecule has 5 heteroatoms. The molecule has 0 spiro atoms. The highest BCUT2D eigenvalue weighted by Gasteiger charge is 2.18. The number of nitrogens with zero attached hydrogens (tertiary/aromatic N) is 2. The maximum atomic E-state index is 14.0. The standard InChI is InChI=1S/C15H16FN3O/c1-10-6-12(17)7-13(14(10)16)15(20)19(2)9-11-4-3-5-18-8-11/h3-8H,9,17H2,1-2H3. The van der Waals surface area contributed by atoms with E-state index in [0.717, 1.165) is 5.56 Å². The molecule has 0 saturated heterocycles. The molecule has 1 heterocycles. The molecule has 104 valence electrons. The Morgan fingerprint density at radius 2 is 2.20 bits per heavy atom. The Labute approximate surface area is 117 Å². The van der Waals surface area contributed by atoms with Crippen molar-refractivity contribution >= 4 is 11.6 Å². The largest absolute Gasteiger partial charge is 0.399 e. The van der Waals surface area contributed by atoms with E-state index in [1.54, 1.807) is 32.4 Å². The number of anilines is 1. The molecule has 1 aromatic heterocycles. The summed E-state index contributed by atoms with van der Waals surface area (Å²) in [5, 5.41) is 0. The maximum absolute atomic E-state index is 14.0. The molecule has 0 aliphatic heterocycles. The zero-order valence-corrected chi connectivity index (χ0v) is 11.4. The number of aromatic nitrogens is 1. The molecule has 2 rings (SSSR count). The summed E-state index contributed by atoms with van der Waals surface area (Å²) in [6, 6.07) is 6.52. The van der Waals surface area contributed by atoms with E-state index in [1.807, 2.05) is 6.07 Å². The first-order valence-corrected chi connectivity index (χ1v) is 6.19. The Morgan fingerprint density at radius 3 is 2.85 bits per heavy atom. The average Bonchev–Trinajstić information content (AvgIpc) is 2.43. The van der Waals surface area contributed by atoms with Gasteiger partial charge in [0.2, 0.25) is 0 Å². The third-order valence-electron chi connectivity index (χ3n) is 3.00. The summed E-state index contributed by atoms with van der Waals surface area (Å²) in [7, 11) is 1.62. The predicted octanol–water partition coefficient (Wildman–Crippen LogP) is 2.38. The van der Waals surface area contributed by atoms with Crippen molar-refractivity contribution in [1.29, 1.82) is 0 Å². The first-order chi connectivity index (χ1) is 9.49. The van der Waals surface area contributed by atoms with E-state index in [4.69, 9.17) is 5.73 Å². The Morgan fingerprint density at radius 1 is 1.45 bits per heavy atom. The van der Waals surface area contributed by atoms with Crippen LogP contribution in [-0.2, 0) is 6.54 Å². The number of rotatable bonds is 3. The molecular weight excluding hydrogens is 257 g/mol. The van der Waals surface area contributed by atoms with E-state index in [1.165, 1.54) is 17.0 Å². The first kappa shape index (κ1) is 14.0. The third-order valence-corrected chi connectivity index (χ3v) is 3.00. The summed E-state index contributed by atoms with van der Waals surface area (Å²) in [4.78, 5) is 17.7. The van der Waals surface area contributed by atoms with Crippen LogP contribution in [0.25, 0.3) is 0 Å². The molecule has 4 nitrogen and oxygen atoms in total.